The Labute approximate surface area is 48.3 Å². The molecule has 39 valence electrons. The van der Waals surface area contributed by atoms with Crippen LogP contribution in [0.4, 0.5) is 0 Å². The molecule has 2 nitrogen and oxygen atoms in total. The van der Waals surface area contributed by atoms with E-state index in [4.69, 9.17) is 6.42 Å². The van der Waals surface area contributed by atoms with Gasteiger partial charge in [0.1, 0.15) is 6.20 Å². The number of rotatable bonds is 0. The summed E-state index contributed by atoms with van der Waals surface area (Å²) >= 11 is 0. The Balaban J connectivity index is 2.89. The van der Waals surface area contributed by atoms with Gasteiger partial charge in [-0.3, -0.25) is 0 Å². The highest BCUT2D eigenvalue weighted by molar-refractivity contribution is 5.22. The maximum atomic E-state index is 5.11. The Hall–Kier alpha value is -1.10. The van der Waals surface area contributed by atoms with Gasteiger partial charge in [-0.25, -0.2) is 0 Å². The van der Waals surface area contributed by atoms with Gasteiger partial charge in [0.05, 0.1) is 5.11 Å². The molecule has 0 bridgehead atoms. The maximum Gasteiger partial charge on any atom is 0.338 e. The minimum absolute atomic E-state index is 0.458. The SMILES string of the molecule is C#CC1(C)C=CN=[N+]1. The van der Waals surface area contributed by atoms with Gasteiger partial charge in [0.2, 0.25) is 0 Å². The van der Waals surface area contributed by atoms with Crippen LogP contribution in [0.2, 0.25) is 0 Å². The van der Waals surface area contributed by atoms with Crippen molar-refractivity contribution < 1.29 is 0 Å². The third-order valence-corrected chi connectivity index (χ3v) is 1.02. The fraction of sp³-hybridized carbons (Fsp3) is 0.333. The molecular weight excluding hydrogens is 100 g/mol. The molecule has 8 heavy (non-hydrogen) atoms. The third-order valence-electron chi connectivity index (χ3n) is 1.02. The summed E-state index contributed by atoms with van der Waals surface area (Å²) in [5, 5.41) is 7.37. The van der Waals surface area contributed by atoms with Gasteiger partial charge in [-0.05, 0) is 5.92 Å². The molecule has 0 fully saturated rings. The summed E-state index contributed by atoms with van der Waals surface area (Å²) in [6, 6.07) is 0. The van der Waals surface area contributed by atoms with Crippen LogP contribution in [0, 0.1) is 12.3 Å². The Morgan fingerprint density at radius 1 is 1.88 bits per heavy atom. The summed E-state index contributed by atoms with van der Waals surface area (Å²) < 4.78 is 0. The number of nitrogens with zero attached hydrogens (tertiary/aromatic N) is 2. The molecule has 0 aromatic heterocycles. The molecule has 1 heterocycles. The first-order chi connectivity index (χ1) is 3.77. The van der Waals surface area contributed by atoms with Crippen molar-refractivity contribution in [2.24, 2.45) is 5.11 Å². The highest BCUT2D eigenvalue weighted by Crippen LogP contribution is 2.07. The van der Waals surface area contributed by atoms with Crippen LogP contribution < -0.4 is 5.11 Å². The van der Waals surface area contributed by atoms with Crippen molar-refractivity contribution in [3.63, 3.8) is 0 Å². The molecule has 2 heteroatoms. The molecule has 0 spiro atoms. The largest absolute Gasteiger partial charge is 0.338 e. The van der Waals surface area contributed by atoms with E-state index in [2.05, 4.69) is 16.1 Å². The molecule has 0 saturated carbocycles. The van der Waals surface area contributed by atoms with Crippen molar-refractivity contribution in [3.8, 4) is 12.3 Å². The fourth-order valence-electron chi connectivity index (χ4n) is 0.442. The topological polar surface area (TPSA) is 26.5 Å². The predicted octanol–water partition coefficient (Wildman–Crippen LogP) is 0.694. The van der Waals surface area contributed by atoms with Crippen molar-refractivity contribution in [1.82, 2.24) is 5.11 Å². The highest BCUT2D eigenvalue weighted by atomic mass is 15.2. The van der Waals surface area contributed by atoms with Crippen LogP contribution in [0.3, 0.4) is 0 Å². The molecule has 1 radical (unpaired) electrons. The molecule has 0 aromatic carbocycles. The Morgan fingerprint density at radius 3 is 2.88 bits per heavy atom. The Kier molecular flexibility index (Phi) is 0.911. The van der Waals surface area contributed by atoms with Gasteiger partial charge in [0.15, 0.2) is 5.11 Å². The minimum atomic E-state index is -0.458. The van der Waals surface area contributed by atoms with E-state index < -0.39 is 5.54 Å². The summed E-state index contributed by atoms with van der Waals surface area (Å²) in [5.74, 6) is 2.49. The minimum Gasteiger partial charge on any atom is -0.112 e. The van der Waals surface area contributed by atoms with Crippen molar-refractivity contribution >= 4 is 0 Å². The highest BCUT2D eigenvalue weighted by Gasteiger charge is 2.33. The molecule has 0 N–H and O–H groups in total. The Bertz CT molecular complexity index is 171. The monoisotopic (exact) mass is 106 g/mol. The molecule has 1 aliphatic heterocycles. The van der Waals surface area contributed by atoms with E-state index in [1.165, 1.54) is 0 Å². The summed E-state index contributed by atoms with van der Waals surface area (Å²) in [5.41, 5.74) is -0.458. The first kappa shape index (κ1) is 5.04. The third kappa shape index (κ3) is 0.627. The molecule has 0 saturated heterocycles. The zero-order chi connectivity index (χ0) is 6.04. The summed E-state index contributed by atoms with van der Waals surface area (Å²) in [4.78, 5) is 0. The first-order valence-corrected chi connectivity index (χ1v) is 2.34. The predicted molar refractivity (Wildman–Crippen MR) is 30.9 cm³/mol. The molecule has 1 atom stereocenters. The van der Waals surface area contributed by atoms with Gasteiger partial charge in [0.25, 0.3) is 0 Å². The lowest BCUT2D eigenvalue weighted by Crippen LogP contribution is -2.20. The second kappa shape index (κ2) is 1.45. The standard InChI is InChI=1S/C6H6N2/c1-3-6(2)4-5-7-8-6/h1,4-5H,2H3/q+1. The quantitative estimate of drug-likeness (QED) is 0.406. The zero-order valence-corrected chi connectivity index (χ0v) is 4.63. The normalized spacial score (nSPS) is 33.0. The van der Waals surface area contributed by atoms with Crippen molar-refractivity contribution in [3.05, 3.63) is 12.3 Å². The van der Waals surface area contributed by atoms with E-state index in [9.17, 15) is 0 Å². The number of hydrogen-bond acceptors (Lipinski definition) is 2. The van der Waals surface area contributed by atoms with E-state index in [0.717, 1.165) is 0 Å². The smallest absolute Gasteiger partial charge is 0.112 e. The first-order valence-electron chi connectivity index (χ1n) is 2.34. The lowest BCUT2D eigenvalue weighted by Gasteiger charge is -1.88. The van der Waals surface area contributed by atoms with Crippen LogP contribution in [0.15, 0.2) is 17.4 Å². The summed E-state index contributed by atoms with van der Waals surface area (Å²) in [7, 11) is 0. The second-order valence-corrected chi connectivity index (χ2v) is 1.82. The molecule has 1 unspecified atom stereocenters. The van der Waals surface area contributed by atoms with E-state index in [0.29, 0.717) is 0 Å². The lowest BCUT2D eigenvalue weighted by molar-refractivity contribution is 0.667. The van der Waals surface area contributed by atoms with Crippen molar-refractivity contribution in [2.75, 3.05) is 0 Å². The van der Waals surface area contributed by atoms with Crippen LogP contribution in [-0.4, -0.2) is 5.54 Å². The van der Waals surface area contributed by atoms with Crippen LogP contribution in [0.1, 0.15) is 6.92 Å². The molecular formula is C6H6N2+. The van der Waals surface area contributed by atoms with Crippen molar-refractivity contribution in [2.45, 2.75) is 12.5 Å². The van der Waals surface area contributed by atoms with Crippen LogP contribution >= 0.6 is 0 Å². The average molecular weight is 106 g/mol. The maximum absolute atomic E-state index is 5.11. The molecule has 0 aromatic rings. The van der Waals surface area contributed by atoms with Gasteiger partial charge >= 0.3 is 5.54 Å². The zero-order valence-electron chi connectivity index (χ0n) is 4.63. The van der Waals surface area contributed by atoms with E-state index in [1.807, 2.05) is 6.92 Å². The molecule has 0 amide bonds. The van der Waals surface area contributed by atoms with Gasteiger partial charge in [0, 0.05) is 13.0 Å². The van der Waals surface area contributed by atoms with E-state index in [-0.39, 0.29) is 0 Å². The average Bonchev–Trinajstić information content (AvgIpc) is 2.17. The van der Waals surface area contributed by atoms with Gasteiger partial charge < -0.3 is 0 Å². The lowest BCUT2D eigenvalue weighted by atomic mass is 10.1. The number of azo groups is 1. The Morgan fingerprint density at radius 2 is 2.62 bits per heavy atom. The second-order valence-electron chi connectivity index (χ2n) is 1.82. The van der Waals surface area contributed by atoms with E-state index in [1.54, 1.807) is 12.3 Å². The summed E-state index contributed by atoms with van der Waals surface area (Å²) in [6.07, 6.45) is 8.51. The molecule has 1 rings (SSSR count). The number of hydrogen-bond donors (Lipinski definition) is 0. The fourth-order valence-corrected chi connectivity index (χ4v) is 0.442. The van der Waals surface area contributed by atoms with Gasteiger partial charge in [-0.15, -0.1) is 6.42 Å². The van der Waals surface area contributed by atoms with Crippen molar-refractivity contribution in [1.29, 1.82) is 0 Å². The molecule has 1 aliphatic rings. The van der Waals surface area contributed by atoms with Crippen LogP contribution in [0.5, 0.6) is 0 Å². The number of terminal acetylenes is 1. The van der Waals surface area contributed by atoms with Gasteiger partial charge in [-0.2, -0.15) is 0 Å². The van der Waals surface area contributed by atoms with Crippen LogP contribution in [-0.2, 0) is 0 Å². The molecule has 0 aliphatic carbocycles. The van der Waals surface area contributed by atoms with Crippen LogP contribution in [0.25, 0.3) is 0 Å². The van der Waals surface area contributed by atoms with Gasteiger partial charge in [-0.1, -0.05) is 0 Å². The summed E-state index contributed by atoms with van der Waals surface area (Å²) in [6.45, 7) is 1.83. The van der Waals surface area contributed by atoms with E-state index >= 15 is 0 Å².